The van der Waals surface area contributed by atoms with Crippen molar-refractivity contribution < 1.29 is 44.7 Å². The lowest BCUT2D eigenvalue weighted by atomic mass is 9.97. The van der Waals surface area contributed by atoms with E-state index in [1.807, 2.05) is 0 Å². The minimum absolute atomic E-state index is 0.109. The molecule has 0 aliphatic rings. The van der Waals surface area contributed by atoms with Crippen molar-refractivity contribution in [3.05, 3.63) is 45.5 Å². The molecule has 0 spiro atoms. The molecule has 0 saturated heterocycles. The number of carbonyl (C=O) groups is 3. The number of benzene rings is 2. The first kappa shape index (κ1) is 24.5. The lowest BCUT2D eigenvalue weighted by molar-refractivity contribution is -0.141. The number of phenols is 3. The van der Waals surface area contributed by atoms with E-state index in [0.717, 1.165) is 6.07 Å². The summed E-state index contributed by atoms with van der Waals surface area (Å²) in [6.45, 7) is 7.17. The van der Waals surface area contributed by atoms with Crippen molar-refractivity contribution in [1.29, 1.82) is 0 Å². The van der Waals surface area contributed by atoms with Gasteiger partial charge >= 0.3 is 11.9 Å². The second-order valence-electron chi connectivity index (χ2n) is 7.50. The van der Waals surface area contributed by atoms with Crippen molar-refractivity contribution in [2.75, 3.05) is 0 Å². The van der Waals surface area contributed by atoms with E-state index in [9.17, 15) is 34.8 Å². The van der Waals surface area contributed by atoms with Crippen molar-refractivity contribution in [2.45, 2.75) is 46.8 Å². The number of ether oxygens (including phenoxy) is 1. The van der Waals surface area contributed by atoms with Crippen LogP contribution in [-0.4, -0.2) is 55.5 Å². The van der Waals surface area contributed by atoms with Crippen LogP contribution in [0.5, 0.6) is 23.0 Å². The Morgan fingerprint density at radius 1 is 0.906 bits per heavy atom. The van der Waals surface area contributed by atoms with Gasteiger partial charge in [0.05, 0.1) is 11.7 Å². The fraction of sp³-hybridized carbons (Fsp3) is 0.318. The lowest BCUT2D eigenvalue weighted by Gasteiger charge is -2.19. The van der Waals surface area contributed by atoms with Gasteiger partial charge in [0.2, 0.25) is 0 Å². The van der Waals surface area contributed by atoms with Crippen LogP contribution >= 0.6 is 0 Å². The molecule has 32 heavy (non-hydrogen) atoms. The molecule has 2 atom stereocenters. The first-order chi connectivity index (χ1) is 14.8. The first-order valence-corrected chi connectivity index (χ1v) is 9.57. The van der Waals surface area contributed by atoms with Gasteiger partial charge in [0.25, 0.3) is 5.91 Å². The molecular formula is C22H25NO9. The quantitative estimate of drug-likeness (QED) is 0.285. The van der Waals surface area contributed by atoms with Gasteiger partial charge in [-0.25, -0.2) is 9.59 Å². The third-order valence-corrected chi connectivity index (χ3v) is 5.20. The highest BCUT2D eigenvalue weighted by molar-refractivity contribution is 6.01. The molecule has 172 valence electrons. The molecule has 6 N–H and O–H groups in total. The average Bonchev–Trinajstić information content (AvgIpc) is 2.68. The van der Waals surface area contributed by atoms with Gasteiger partial charge in [-0.3, -0.25) is 4.79 Å². The number of aliphatic carboxylic acids is 1. The van der Waals surface area contributed by atoms with Gasteiger partial charge in [-0.05, 0) is 57.4 Å². The summed E-state index contributed by atoms with van der Waals surface area (Å²) in [5, 5.41) is 51.4. The lowest BCUT2D eigenvalue weighted by Crippen LogP contribution is -2.47. The molecule has 0 saturated carbocycles. The zero-order valence-electron chi connectivity index (χ0n) is 18.2. The van der Waals surface area contributed by atoms with Crippen LogP contribution in [0.25, 0.3) is 0 Å². The molecule has 0 radical (unpaired) electrons. The number of carbonyl (C=O) groups excluding carboxylic acids is 2. The topological polar surface area (TPSA) is 174 Å². The van der Waals surface area contributed by atoms with Gasteiger partial charge in [-0.1, -0.05) is 0 Å². The molecular weight excluding hydrogens is 422 g/mol. The second-order valence-corrected chi connectivity index (χ2v) is 7.50. The fourth-order valence-electron chi connectivity index (χ4n) is 3.22. The Morgan fingerprint density at radius 3 is 2.00 bits per heavy atom. The van der Waals surface area contributed by atoms with Gasteiger partial charge in [0, 0.05) is 11.6 Å². The molecule has 2 aromatic carbocycles. The number of aliphatic hydroxyl groups is 1. The predicted octanol–water partition coefficient (Wildman–Crippen LogP) is 1.82. The van der Waals surface area contributed by atoms with Gasteiger partial charge in [0.1, 0.15) is 28.6 Å². The predicted molar refractivity (Wildman–Crippen MR) is 112 cm³/mol. The first-order valence-electron chi connectivity index (χ1n) is 9.57. The number of carboxylic acids is 1. The largest absolute Gasteiger partial charge is 0.507 e. The van der Waals surface area contributed by atoms with Gasteiger partial charge in [0.15, 0.2) is 6.04 Å². The Hall–Kier alpha value is -3.79. The summed E-state index contributed by atoms with van der Waals surface area (Å²) in [5.74, 6) is -4.63. The number of carboxylic acid groups (broad SMARTS) is 1. The van der Waals surface area contributed by atoms with Crippen LogP contribution in [0.1, 0.15) is 49.9 Å². The summed E-state index contributed by atoms with van der Waals surface area (Å²) in [7, 11) is 0. The Morgan fingerprint density at radius 2 is 1.50 bits per heavy atom. The van der Waals surface area contributed by atoms with E-state index < -0.39 is 41.5 Å². The Bertz CT molecular complexity index is 1050. The highest BCUT2D eigenvalue weighted by Gasteiger charge is 2.28. The minimum atomic E-state index is -1.59. The van der Waals surface area contributed by atoms with E-state index in [2.05, 4.69) is 5.32 Å². The van der Waals surface area contributed by atoms with Crippen LogP contribution in [-0.2, 0) is 4.79 Å². The number of aryl methyl sites for hydroxylation is 1. The molecule has 0 unspecified atom stereocenters. The summed E-state index contributed by atoms with van der Waals surface area (Å²) in [4.78, 5) is 36.3. The highest BCUT2D eigenvalue weighted by Crippen LogP contribution is 2.37. The molecule has 0 bridgehead atoms. The molecule has 2 rings (SSSR count). The maximum absolute atomic E-state index is 12.7. The van der Waals surface area contributed by atoms with Crippen LogP contribution < -0.4 is 10.1 Å². The Balaban J connectivity index is 2.37. The summed E-state index contributed by atoms with van der Waals surface area (Å²) < 4.78 is 5.26. The summed E-state index contributed by atoms with van der Waals surface area (Å²) in [5.41, 5.74) is 0.566. The molecule has 0 fully saturated rings. The second kappa shape index (κ2) is 9.15. The van der Waals surface area contributed by atoms with Crippen molar-refractivity contribution in [1.82, 2.24) is 5.32 Å². The minimum Gasteiger partial charge on any atom is -0.507 e. The van der Waals surface area contributed by atoms with Crippen molar-refractivity contribution in [2.24, 2.45) is 0 Å². The zero-order valence-corrected chi connectivity index (χ0v) is 18.2. The number of amides is 1. The van der Waals surface area contributed by atoms with Crippen LogP contribution in [0.3, 0.4) is 0 Å². The van der Waals surface area contributed by atoms with Gasteiger partial charge in [-0.2, -0.15) is 0 Å². The third kappa shape index (κ3) is 4.59. The molecule has 0 aliphatic heterocycles. The number of hydrogen-bond donors (Lipinski definition) is 6. The summed E-state index contributed by atoms with van der Waals surface area (Å²) in [6.07, 6.45) is -1.38. The van der Waals surface area contributed by atoms with Gasteiger partial charge in [-0.15, -0.1) is 0 Å². The van der Waals surface area contributed by atoms with E-state index in [-0.39, 0.29) is 33.8 Å². The fourth-order valence-corrected chi connectivity index (χ4v) is 3.22. The maximum atomic E-state index is 12.7. The van der Waals surface area contributed by atoms with Gasteiger partial charge < -0.3 is 35.6 Å². The molecule has 1 amide bonds. The standard InChI is InChI=1S/C22H25NO9/c1-8-6-13(7-14(25)15(8)20(28)23-17(12(5)24)21(29)30)32-22(31)16-9(2)10(3)18(26)11(4)19(16)27/h6-7,12,17,24-27H,1-5H3,(H,23,28)(H,29,30)/t12-,17+/m0/s1. The van der Waals surface area contributed by atoms with Crippen LogP contribution in [0.15, 0.2) is 12.1 Å². The molecule has 0 aliphatic carbocycles. The molecule has 10 heteroatoms. The van der Waals surface area contributed by atoms with Crippen molar-refractivity contribution in [3.63, 3.8) is 0 Å². The number of hydrogen-bond acceptors (Lipinski definition) is 8. The number of rotatable bonds is 6. The number of phenolic OH excluding ortho intramolecular Hbond substituents is 3. The smallest absolute Gasteiger partial charge is 0.347 e. The molecule has 0 aromatic heterocycles. The van der Waals surface area contributed by atoms with E-state index in [1.165, 1.54) is 33.8 Å². The number of aliphatic hydroxyl groups excluding tert-OH is 1. The van der Waals surface area contributed by atoms with Crippen LogP contribution in [0.2, 0.25) is 0 Å². The molecule has 10 nitrogen and oxygen atoms in total. The molecule has 0 heterocycles. The van der Waals surface area contributed by atoms with E-state index in [4.69, 9.17) is 9.84 Å². The zero-order chi connectivity index (χ0) is 24.5. The van der Waals surface area contributed by atoms with E-state index in [0.29, 0.717) is 11.1 Å². The maximum Gasteiger partial charge on any atom is 0.347 e. The normalized spacial score (nSPS) is 12.7. The Kier molecular flexibility index (Phi) is 7.00. The average molecular weight is 447 g/mol. The summed E-state index contributed by atoms with van der Waals surface area (Å²) in [6, 6.07) is 0.674. The van der Waals surface area contributed by atoms with Crippen LogP contribution in [0.4, 0.5) is 0 Å². The SMILES string of the molecule is Cc1cc(OC(=O)c2c(C)c(C)c(O)c(C)c2O)cc(O)c1C(=O)N[C@@H](C(=O)O)[C@H](C)O. The third-order valence-electron chi connectivity index (χ3n) is 5.20. The summed E-state index contributed by atoms with van der Waals surface area (Å²) >= 11 is 0. The number of aromatic hydroxyl groups is 3. The number of esters is 1. The molecule has 2 aromatic rings. The van der Waals surface area contributed by atoms with E-state index >= 15 is 0 Å². The van der Waals surface area contributed by atoms with Crippen molar-refractivity contribution >= 4 is 17.8 Å². The monoisotopic (exact) mass is 447 g/mol. The van der Waals surface area contributed by atoms with Crippen molar-refractivity contribution in [3.8, 4) is 23.0 Å². The highest BCUT2D eigenvalue weighted by atomic mass is 16.5. The van der Waals surface area contributed by atoms with E-state index in [1.54, 1.807) is 6.92 Å². The number of nitrogens with one attached hydrogen (secondary N) is 1. The Labute approximate surface area is 183 Å². The van der Waals surface area contributed by atoms with Crippen LogP contribution in [0, 0.1) is 27.7 Å².